The highest BCUT2D eigenvalue weighted by molar-refractivity contribution is 6.08. The largest absolute Gasteiger partial charge is 0.451 e. The number of halogens is 1. The van der Waals surface area contributed by atoms with Gasteiger partial charge in [0.15, 0.2) is 27.8 Å². The molecule has 12 heteroatoms. The van der Waals surface area contributed by atoms with Crippen molar-refractivity contribution >= 4 is 60.7 Å². The third-order valence-electron chi connectivity index (χ3n) is 9.75. The van der Waals surface area contributed by atoms with Gasteiger partial charge in [-0.15, -0.1) is 0 Å². The fourth-order valence-corrected chi connectivity index (χ4v) is 7.05. The molecule has 2 fully saturated rings. The van der Waals surface area contributed by atoms with E-state index in [0.29, 0.717) is 62.2 Å². The third-order valence-corrected chi connectivity index (χ3v) is 9.75. The lowest BCUT2D eigenvalue weighted by molar-refractivity contribution is 0.0378. The molecule has 2 aliphatic heterocycles. The Bertz CT molecular complexity index is 2430. The summed E-state index contributed by atoms with van der Waals surface area (Å²) in [7, 11) is 1.97. The lowest BCUT2D eigenvalue weighted by atomic mass is 10.0. The van der Waals surface area contributed by atoms with Crippen molar-refractivity contribution in [1.82, 2.24) is 19.1 Å². The van der Waals surface area contributed by atoms with Gasteiger partial charge >= 0.3 is 0 Å². The summed E-state index contributed by atoms with van der Waals surface area (Å²) in [6.07, 6.45) is 2.19. The molecule has 0 unspecified atom stereocenters. The Morgan fingerprint density at radius 2 is 1.54 bits per heavy atom. The standard InChI is InChI=1S/C36H34FN5O6/c1-39-9-11-41(12-10-39)36(46)26-20-42-28-18-23-24(33(44)22-6-3-2-5-21(22)32(23)43)19-29(28)48-35-30(27(37)17-25(31(35)42)34(26)45)38-7-4-8-40-13-15-47-16-14-40/h2-3,5-6,17-20,38H,4,7-16H2,1H3. The van der Waals surface area contributed by atoms with Crippen molar-refractivity contribution in [3.8, 4) is 0 Å². The fraction of sp³-hybridized carbons (Fsp3) is 0.333. The van der Waals surface area contributed by atoms with Crippen molar-refractivity contribution < 1.29 is 18.3 Å². The fourth-order valence-electron chi connectivity index (χ4n) is 7.05. The number of aromatic nitrogens is 1. The van der Waals surface area contributed by atoms with Crippen molar-refractivity contribution in [2.75, 3.05) is 77.9 Å². The lowest BCUT2D eigenvalue weighted by Gasteiger charge is -2.32. The number of anilines is 1. The highest BCUT2D eigenvalue weighted by Gasteiger charge is 2.27. The maximum absolute atomic E-state index is 16.0. The Morgan fingerprint density at radius 3 is 2.25 bits per heavy atom. The van der Waals surface area contributed by atoms with Gasteiger partial charge in [0.25, 0.3) is 5.91 Å². The number of carbonyl (C=O) groups excluding carboxylic acids is 1. The van der Waals surface area contributed by atoms with E-state index in [1.807, 2.05) is 7.05 Å². The van der Waals surface area contributed by atoms with E-state index in [2.05, 4.69) is 15.1 Å². The summed E-state index contributed by atoms with van der Waals surface area (Å²) in [6.45, 7) is 6.50. The van der Waals surface area contributed by atoms with Gasteiger partial charge in [0.2, 0.25) is 5.43 Å². The predicted molar refractivity (Wildman–Crippen MR) is 183 cm³/mol. The first-order valence-corrected chi connectivity index (χ1v) is 16.3. The number of nitrogens with zero attached hydrogens (tertiary/aromatic N) is 4. The maximum Gasteiger partial charge on any atom is 0.259 e. The summed E-state index contributed by atoms with van der Waals surface area (Å²) >= 11 is 0. The highest BCUT2D eigenvalue weighted by Crippen LogP contribution is 2.35. The molecule has 11 nitrogen and oxygen atoms in total. The van der Waals surface area contributed by atoms with Crippen LogP contribution in [0.15, 0.2) is 67.5 Å². The molecular formula is C36H34FN5O6. The van der Waals surface area contributed by atoms with Crippen LogP contribution in [0.2, 0.25) is 0 Å². The molecule has 4 heterocycles. The highest BCUT2D eigenvalue weighted by atomic mass is 19.1. The first kappa shape index (κ1) is 30.4. The molecule has 1 N–H and O–H groups in total. The van der Waals surface area contributed by atoms with E-state index in [-0.39, 0.29) is 54.9 Å². The quantitative estimate of drug-likeness (QED) is 0.165. The van der Waals surface area contributed by atoms with E-state index in [9.17, 15) is 19.2 Å². The number of fused-ring (bicyclic) bond motifs is 4. The van der Waals surface area contributed by atoms with Gasteiger partial charge in [0.1, 0.15) is 16.8 Å². The molecule has 48 heavy (non-hydrogen) atoms. The van der Waals surface area contributed by atoms with Crippen LogP contribution in [0.3, 0.4) is 0 Å². The topological polar surface area (TPSA) is 117 Å². The minimum atomic E-state index is -0.696. The van der Waals surface area contributed by atoms with Crippen LogP contribution in [0.1, 0.15) is 16.8 Å². The summed E-state index contributed by atoms with van der Waals surface area (Å²) in [5.41, 5.74) is -0.362. The SMILES string of the molecule is CN1CCN(C(=O)c2cn3c4cc5c(=O)c6ccccc6c(=O)c5cc4oc4c(NCCCN5CCOCC5)c(F)cc(c2=O)c43)CC1. The van der Waals surface area contributed by atoms with Crippen molar-refractivity contribution in [1.29, 1.82) is 0 Å². The molecule has 0 saturated carbocycles. The molecule has 2 aromatic heterocycles. The van der Waals surface area contributed by atoms with Crippen molar-refractivity contribution in [2.45, 2.75) is 6.42 Å². The monoisotopic (exact) mass is 651 g/mol. The zero-order valence-corrected chi connectivity index (χ0v) is 26.5. The second-order valence-corrected chi connectivity index (χ2v) is 12.7. The predicted octanol–water partition coefficient (Wildman–Crippen LogP) is 3.32. The van der Waals surface area contributed by atoms with Crippen LogP contribution in [-0.4, -0.2) is 97.6 Å². The molecule has 0 radical (unpaired) electrons. The molecule has 8 rings (SSSR count). The third kappa shape index (κ3) is 4.99. The van der Waals surface area contributed by atoms with Gasteiger partial charge in [0.05, 0.1) is 24.1 Å². The van der Waals surface area contributed by atoms with Crippen molar-refractivity contribution in [2.24, 2.45) is 0 Å². The van der Waals surface area contributed by atoms with Gasteiger partial charge < -0.3 is 28.7 Å². The number of ether oxygens (including phenoxy) is 1. The molecule has 0 spiro atoms. The second-order valence-electron chi connectivity index (χ2n) is 12.7. The summed E-state index contributed by atoms with van der Waals surface area (Å²) in [6, 6.07) is 10.9. The summed E-state index contributed by atoms with van der Waals surface area (Å²) in [5.74, 6) is -1.14. The van der Waals surface area contributed by atoms with Crippen LogP contribution < -0.4 is 21.6 Å². The van der Waals surface area contributed by atoms with E-state index in [4.69, 9.17) is 9.15 Å². The van der Waals surface area contributed by atoms with Crippen LogP contribution in [0.4, 0.5) is 10.1 Å². The maximum atomic E-state index is 16.0. The number of benzene rings is 4. The smallest absolute Gasteiger partial charge is 0.259 e. The Kier molecular flexibility index (Phi) is 7.58. The van der Waals surface area contributed by atoms with Crippen LogP contribution in [0.5, 0.6) is 0 Å². The minimum absolute atomic E-state index is 0.0162. The lowest BCUT2D eigenvalue weighted by Crippen LogP contribution is -2.48. The van der Waals surface area contributed by atoms with Crippen molar-refractivity contribution in [3.05, 3.63) is 90.7 Å². The number of hydrogen-bond acceptors (Lipinski definition) is 9. The van der Waals surface area contributed by atoms with Gasteiger partial charge in [-0.25, -0.2) is 4.39 Å². The van der Waals surface area contributed by atoms with Crippen LogP contribution in [0.25, 0.3) is 49.1 Å². The summed E-state index contributed by atoms with van der Waals surface area (Å²) < 4.78 is 29.5. The Balaban J connectivity index is 1.35. The van der Waals surface area contributed by atoms with Gasteiger partial charge in [-0.1, -0.05) is 24.3 Å². The number of pyridine rings is 1. The number of nitrogens with one attached hydrogen (secondary N) is 1. The Labute approximate surface area is 273 Å². The van der Waals surface area contributed by atoms with E-state index in [1.165, 1.54) is 12.3 Å². The molecule has 0 aliphatic carbocycles. The molecule has 246 valence electrons. The molecule has 2 saturated heterocycles. The molecule has 2 aliphatic rings. The van der Waals surface area contributed by atoms with E-state index < -0.39 is 17.2 Å². The molecule has 1 amide bonds. The first-order valence-electron chi connectivity index (χ1n) is 16.3. The number of rotatable bonds is 6. The molecule has 0 bridgehead atoms. The second kappa shape index (κ2) is 12.0. The molecule has 0 atom stereocenters. The van der Waals surface area contributed by atoms with E-state index >= 15 is 4.39 Å². The minimum Gasteiger partial charge on any atom is -0.451 e. The number of amides is 1. The number of likely N-dealkylation sites (N-methyl/N-ethyl adjacent to an activating group) is 1. The first-order chi connectivity index (χ1) is 23.3. The molecular weight excluding hydrogens is 617 g/mol. The molecule has 4 aromatic carbocycles. The zero-order chi connectivity index (χ0) is 33.1. The Hall–Kier alpha value is -4.91. The average molecular weight is 652 g/mol. The number of carbonyl (C=O) groups is 1. The van der Waals surface area contributed by atoms with Gasteiger partial charge in [-0.2, -0.15) is 0 Å². The van der Waals surface area contributed by atoms with Gasteiger partial charge in [-0.3, -0.25) is 24.1 Å². The Morgan fingerprint density at radius 1 is 0.854 bits per heavy atom. The normalized spacial score (nSPS) is 16.6. The number of piperazine rings is 1. The van der Waals surface area contributed by atoms with Crippen molar-refractivity contribution in [3.63, 3.8) is 0 Å². The van der Waals surface area contributed by atoms with Crippen LogP contribution in [0, 0.1) is 5.82 Å². The van der Waals surface area contributed by atoms with E-state index in [1.54, 1.807) is 39.6 Å². The zero-order valence-electron chi connectivity index (χ0n) is 26.5. The summed E-state index contributed by atoms with van der Waals surface area (Å²) in [5, 5.41) is 4.12. The van der Waals surface area contributed by atoms with Gasteiger partial charge in [0, 0.05) is 73.6 Å². The van der Waals surface area contributed by atoms with Crippen LogP contribution >= 0.6 is 0 Å². The van der Waals surface area contributed by atoms with Crippen LogP contribution in [-0.2, 0) is 4.74 Å². The molecule has 6 aromatic rings. The average Bonchev–Trinajstić information content (AvgIpc) is 3.11. The number of hydrogen-bond donors (Lipinski definition) is 1. The summed E-state index contributed by atoms with van der Waals surface area (Å²) in [4.78, 5) is 61.1. The van der Waals surface area contributed by atoms with E-state index in [0.717, 1.165) is 32.1 Å². The number of morpholine rings is 1. The van der Waals surface area contributed by atoms with Gasteiger partial charge in [-0.05, 0) is 38.2 Å².